The Bertz CT molecular complexity index is 191. The lowest BCUT2D eigenvalue weighted by Crippen LogP contribution is -2.17. The fourth-order valence-electron chi connectivity index (χ4n) is 1.49. The molecule has 1 saturated carbocycles. The van der Waals surface area contributed by atoms with E-state index in [2.05, 4.69) is 6.58 Å². The van der Waals surface area contributed by atoms with E-state index >= 15 is 0 Å². The topological polar surface area (TPSA) is 66.8 Å². The lowest BCUT2D eigenvalue weighted by Gasteiger charge is -2.21. The van der Waals surface area contributed by atoms with Crippen LogP contribution >= 0.6 is 0 Å². The summed E-state index contributed by atoms with van der Waals surface area (Å²) < 4.78 is 5.64. The first-order valence-electron chi connectivity index (χ1n) is 5.20. The summed E-state index contributed by atoms with van der Waals surface area (Å²) in [5.41, 5.74) is 1.13. The zero-order valence-corrected chi connectivity index (χ0v) is 9.24. The summed E-state index contributed by atoms with van der Waals surface area (Å²) in [7, 11) is 0. The Kier molecular flexibility index (Phi) is 7.72. The molecule has 0 aromatic carbocycles. The Morgan fingerprint density at radius 1 is 1.33 bits per heavy atom. The van der Waals surface area contributed by atoms with Crippen molar-refractivity contribution in [2.24, 2.45) is 0 Å². The van der Waals surface area contributed by atoms with Gasteiger partial charge < -0.3 is 14.9 Å². The van der Waals surface area contributed by atoms with Gasteiger partial charge in [0.15, 0.2) is 0 Å². The third kappa shape index (κ3) is 10.9. The van der Waals surface area contributed by atoms with Crippen LogP contribution < -0.4 is 0 Å². The van der Waals surface area contributed by atoms with Crippen molar-refractivity contribution in [2.75, 3.05) is 6.61 Å². The molecule has 0 radical (unpaired) electrons. The molecule has 1 aliphatic rings. The molecule has 0 bridgehead atoms. The number of hydrogen-bond acceptors (Lipinski definition) is 2. The second-order valence-electron chi connectivity index (χ2n) is 3.81. The van der Waals surface area contributed by atoms with Gasteiger partial charge >= 0.3 is 6.16 Å². The number of carboxylic acid groups (broad SMARTS) is 2. The van der Waals surface area contributed by atoms with Gasteiger partial charge in [-0.1, -0.05) is 31.4 Å². The van der Waals surface area contributed by atoms with Crippen molar-refractivity contribution < 1.29 is 19.7 Å². The maximum absolute atomic E-state index is 8.56. The maximum Gasteiger partial charge on any atom is 0.503 e. The lowest BCUT2D eigenvalue weighted by atomic mass is 9.98. The van der Waals surface area contributed by atoms with Crippen molar-refractivity contribution in [1.29, 1.82) is 0 Å². The first-order valence-corrected chi connectivity index (χ1v) is 5.20. The molecule has 0 aromatic rings. The molecule has 0 amide bonds. The van der Waals surface area contributed by atoms with Crippen molar-refractivity contribution in [2.45, 2.75) is 45.1 Å². The van der Waals surface area contributed by atoms with Gasteiger partial charge in [0.1, 0.15) is 0 Å². The Hall–Kier alpha value is -1.03. The van der Waals surface area contributed by atoms with Crippen LogP contribution in [-0.4, -0.2) is 29.1 Å². The van der Waals surface area contributed by atoms with E-state index in [1.807, 2.05) is 6.92 Å². The van der Waals surface area contributed by atoms with Gasteiger partial charge in [-0.2, -0.15) is 0 Å². The molecule has 0 heterocycles. The molecular weight excluding hydrogens is 196 g/mol. The Balaban J connectivity index is 0.000000423. The van der Waals surface area contributed by atoms with Crippen molar-refractivity contribution in [3.05, 3.63) is 12.2 Å². The quantitative estimate of drug-likeness (QED) is 0.711. The lowest BCUT2D eigenvalue weighted by molar-refractivity contribution is 0.0428. The van der Waals surface area contributed by atoms with Gasteiger partial charge in [0, 0.05) is 0 Å². The van der Waals surface area contributed by atoms with E-state index in [4.69, 9.17) is 19.7 Å². The Morgan fingerprint density at radius 2 is 1.80 bits per heavy atom. The SMILES string of the molecule is C=C(C)COC1CCCCC1.O=C(O)O. The zero-order chi connectivity index (χ0) is 11.7. The summed E-state index contributed by atoms with van der Waals surface area (Å²) in [6.07, 6.45) is 5.30. The van der Waals surface area contributed by atoms with Gasteiger partial charge in [-0.05, 0) is 19.8 Å². The van der Waals surface area contributed by atoms with E-state index in [-0.39, 0.29) is 0 Å². The molecule has 1 aliphatic carbocycles. The van der Waals surface area contributed by atoms with E-state index in [0.717, 1.165) is 12.2 Å². The predicted molar refractivity (Wildman–Crippen MR) is 58.3 cm³/mol. The van der Waals surface area contributed by atoms with Crippen LogP contribution in [-0.2, 0) is 4.74 Å². The summed E-state index contributed by atoms with van der Waals surface area (Å²) in [4.78, 5) is 8.56. The molecule has 0 spiro atoms. The molecule has 4 nitrogen and oxygen atoms in total. The van der Waals surface area contributed by atoms with Crippen molar-refractivity contribution >= 4 is 6.16 Å². The van der Waals surface area contributed by atoms with E-state index in [1.165, 1.54) is 32.1 Å². The number of ether oxygens (including phenoxy) is 1. The highest BCUT2D eigenvalue weighted by Gasteiger charge is 2.12. The second kappa shape index (κ2) is 8.29. The average Bonchev–Trinajstić information content (AvgIpc) is 2.15. The summed E-state index contributed by atoms with van der Waals surface area (Å²) >= 11 is 0. The van der Waals surface area contributed by atoms with E-state index in [9.17, 15) is 0 Å². The van der Waals surface area contributed by atoms with Gasteiger partial charge in [0.25, 0.3) is 0 Å². The summed E-state index contributed by atoms with van der Waals surface area (Å²) in [6, 6.07) is 0. The average molecular weight is 216 g/mol. The number of rotatable bonds is 3. The van der Waals surface area contributed by atoms with Crippen LogP contribution in [0.5, 0.6) is 0 Å². The summed E-state index contributed by atoms with van der Waals surface area (Å²) in [6.45, 7) is 6.59. The van der Waals surface area contributed by atoms with Gasteiger partial charge in [0.2, 0.25) is 0 Å². The van der Waals surface area contributed by atoms with E-state index in [0.29, 0.717) is 6.10 Å². The highest BCUT2D eigenvalue weighted by Crippen LogP contribution is 2.20. The molecule has 0 saturated heterocycles. The largest absolute Gasteiger partial charge is 0.503 e. The molecule has 2 N–H and O–H groups in total. The van der Waals surface area contributed by atoms with Crippen molar-refractivity contribution in [1.82, 2.24) is 0 Å². The van der Waals surface area contributed by atoms with Crippen LogP contribution in [0.2, 0.25) is 0 Å². The third-order valence-corrected chi connectivity index (χ3v) is 2.12. The summed E-state index contributed by atoms with van der Waals surface area (Å²) in [5, 5.41) is 13.9. The molecular formula is C11H20O4. The summed E-state index contributed by atoms with van der Waals surface area (Å²) in [5.74, 6) is 0. The van der Waals surface area contributed by atoms with Crippen LogP contribution in [0, 0.1) is 0 Å². The minimum absolute atomic E-state index is 0.528. The highest BCUT2D eigenvalue weighted by atomic mass is 16.6. The molecule has 88 valence electrons. The number of hydrogen-bond donors (Lipinski definition) is 2. The van der Waals surface area contributed by atoms with Crippen LogP contribution in [0.1, 0.15) is 39.0 Å². The molecule has 1 rings (SSSR count). The monoisotopic (exact) mass is 216 g/mol. The van der Waals surface area contributed by atoms with Gasteiger partial charge in [0.05, 0.1) is 12.7 Å². The zero-order valence-electron chi connectivity index (χ0n) is 9.24. The fourth-order valence-corrected chi connectivity index (χ4v) is 1.49. The molecule has 0 aromatic heterocycles. The third-order valence-electron chi connectivity index (χ3n) is 2.12. The van der Waals surface area contributed by atoms with Crippen molar-refractivity contribution in [3.8, 4) is 0 Å². The maximum atomic E-state index is 8.56. The van der Waals surface area contributed by atoms with Gasteiger partial charge in [-0.15, -0.1) is 0 Å². The van der Waals surface area contributed by atoms with Crippen molar-refractivity contribution in [3.63, 3.8) is 0 Å². The first-order chi connectivity index (χ1) is 7.02. The van der Waals surface area contributed by atoms with Gasteiger partial charge in [-0.3, -0.25) is 0 Å². The van der Waals surface area contributed by atoms with Gasteiger partial charge in [-0.25, -0.2) is 4.79 Å². The second-order valence-corrected chi connectivity index (χ2v) is 3.81. The molecule has 0 aliphatic heterocycles. The molecule has 1 fully saturated rings. The Morgan fingerprint density at radius 3 is 2.20 bits per heavy atom. The fraction of sp³-hybridized carbons (Fsp3) is 0.727. The standard InChI is InChI=1S/C10H18O.CH2O3/c1-9(2)8-11-10-6-4-3-5-7-10;2-1(3)4/h10H,1,3-8H2,2H3;(H2,2,3,4). The normalized spacial score (nSPS) is 16.3. The minimum Gasteiger partial charge on any atom is -0.450 e. The predicted octanol–water partition coefficient (Wildman–Crippen LogP) is 3.13. The molecule has 0 unspecified atom stereocenters. The van der Waals surface area contributed by atoms with Crippen LogP contribution in [0.3, 0.4) is 0 Å². The minimum atomic E-state index is -1.83. The van der Waals surface area contributed by atoms with Crippen LogP contribution in [0.25, 0.3) is 0 Å². The first kappa shape index (κ1) is 14.0. The van der Waals surface area contributed by atoms with Crippen LogP contribution in [0.15, 0.2) is 12.2 Å². The smallest absolute Gasteiger partial charge is 0.450 e. The van der Waals surface area contributed by atoms with E-state index < -0.39 is 6.16 Å². The molecule has 15 heavy (non-hydrogen) atoms. The molecule has 4 heteroatoms. The Labute approximate surface area is 90.6 Å². The van der Waals surface area contributed by atoms with E-state index in [1.54, 1.807) is 0 Å². The van der Waals surface area contributed by atoms with Crippen LogP contribution in [0.4, 0.5) is 4.79 Å². The molecule has 0 atom stereocenters. The number of carbonyl (C=O) groups is 1. The highest BCUT2D eigenvalue weighted by molar-refractivity contribution is 5.53.